The lowest BCUT2D eigenvalue weighted by Gasteiger charge is -2.31. The van der Waals surface area contributed by atoms with Crippen molar-refractivity contribution >= 4 is 11.9 Å². The zero-order chi connectivity index (χ0) is 19.3. The molecule has 0 radical (unpaired) electrons. The van der Waals surface area contributed by atoms with Crippen LogP contribution >= 0.6 is 0 Å². The molecule has 0 unspecified atom stereocenters. The minimum atomic E-state index is -0.957. The van der Waals surface area contributed by atoms with Gasteiger partial charge in [-0.3, -0.25) is 4.79 Å². The number of aryl methyl sites for hydroxylation is 2. The number of hydrogen-bond donors (Lipinski definition) is 1. The molecule has 0 aliphatic rings. The number of carbonyl (C=O) groups excluding carboxylic acids is 1. The lowest BCUT2D eigenvalue weighted by atomic mass is 9.83. The summed E-state index contributed by atoms with van der Waals surface area (Å²) in [4.78, 5) is 25.6. The van der Waals surface area contributed by atoms with Crippen LogP contribution in [0.5, 0.6) is 0 Å². The van der Waals surface area contributed by atoms with E-state index in [9.17, 15) is 14.7 Å². The second kappa shape index (κ2) is 8.17. The quantitative estimate of drug-likeness (QED) is 0.816. The van der Waals surface area contributed by atoms with Gasteiger partial charge in [0.15, 0.2) is 0 Å². The number of amides is 1. The summed E-state index contributed by atoms with van der Waals surface area (Å²) >= 11 is 0. The van der Waals surface area contributed by atoms with Crippen LogP contribution in [0.25, 0.3) is 0 Å². The average molecular weight is 353 g/mol. The van der Waals surface area contributed by atoms with Gasteiger partial charge in [0.2, 0.25) is 5.91 Å². The lowest BCUT2D eigenvalue weighted by Crippen LogP contribution is -2.38. The van der Waals surface area contributed by atoms with E-state index < -0.39 is 5.97 Å². The Kier molecular flexibility index (Phi) is 6.19. The molecule has 2 aromatic rings. The van der Waals surface area contributed by atoms with Gasteiger partial charge in [0.25, 0.3) is 0 Å². The number of hydrogen-bond acceptors (Lipinski definition) is 2. The Labute approximate surface area is 155 Å². The SMILES string of the molecule is Cc1ccc(C(C)(C)CN(C)C(=O)CCc2ccccc2C(=O)O)cc1. The van der Waals surface area contributed by atoms with E-state index in [4.69, 9.17) is 0 Å². The van der Waals surface area contributed by atoms with Crippen molar-refractivity contribution < 1.29 is 14.7 Å². The van der Waals surface area contributed by atoms with E-state index in [0.29, 0.717) is 24.9 Å². The molecular formula is C22H27NO3. The molecule has 0 saturated heterocycles. The third-order valence-corrected chi connectivity index (χ3v) is 4.75. The molecule has 1 N–H and O–H groups in total. The molecule has 0 atom stereocenters. The maximum atomic E-state index is 12.5. The van der Waals surface area contributed by atoms with Crippen LogP contribution in [-0.4, -0.2) is 35.5 Å². The zero-order valence-electron chi connectivity index (χ0n) is 16.0. The molecule has 4 heteroatoms. The van der Waals surface area contributed by atoms with E-state index >= 15 is 0 Å². The summed E-state index contributed by atoms with van der Waals surface area (Å²) in [5.74, 6) is -0.938. The normalized spacial score (nSPS) is 11.2. The van der Waals surface area contributed by atoms with Crippen LogP contribution in [0.1, 0.15) is 47.3 Å². The maximum Gasteiger partial charge on any atom is 0.335 e. The highest BCUT2D eigenvalue weighted by molar-refractivity contribution is 5.89. The Morgan fingerprint density at radius 2 is 1.65 bits per heavy atom. The molecule has 0 saturated carbocycles. The number of likely N-dealkylation sites (N-methyl/N-ethyl adjacent to an activating group) is 1. The Bertz CT molecular complexity index is 778. The van der Waals surface area contributed by atoms with Gasteiger partial charge in [0, 0.05) is 25.4 Å². The summed E-state index contributed by atoms with van der Waals surface area (Å²) in [7, 11) is 1.81. The van der Waals surface area contributed by atoms with Crippen molar-refractivity contribution in [3.05, 3.63) is 70.8 Å². The number of nitrogens with zero attached hydrogens (tertiary/aromatic N) is 1. The molecule has 0 heterocycles. The average Bonchev–Trinajstić information content (AvgIpc) is 2.59. The Morgan fingerprint density at radius 1 is 1.04 bits per heavy atom. The largest absolute Gasteiger partial charge is 0.478 e. The smallest absolute Gasteiger partial charge is 0.335 e. The number of aromatic carboxylic acids is 1. The van der Waals surface area contributed by atoms with E-state index in [2.05, 4.69) is 45.0 Å². The summed E-state index contributed by atoms with van der Waals surface area (Å²) in [6, 6.07) is 15.2. The summed E-state index contributed by atoms with van der Waals surface area (Å²) in [6.45, 7) is 6.92. The molecular weight excluding hydrogens is 326 g/mol. The van der Waals surface area contributed by atoms with Gasteiger partial charge in [0.05, 0.1) is 5.56 Å². The van der Waals surface area contributed by atoms with E-state index in [-0.39, 0.29) is 16.9 Å². The lowest BCUT2D eigenvalue weighted by molar-refractivity contribution is -0.130. The summed E-state index contributed by atoms with van der Waals surface area (Å²) < 4.78 is 0. The zero-order valence-corrected chi connectivity index (χ0v) is 16.0. The number of benzene rings is 2. The monoisotopic (exact) mass is 353 g/mol. The first-order valence-corrected chi connectivity index (χ1v) is 8.83. The van der Waals surface area contributed by atoms with Gasteiger partial charge in [-0.1, -0.05) is 61.9 Å². The minimum Gasteiger partial charge on any atom is -0.478 e. The molecule has 0 bridgehead atoms. The number of carbonyl (C=O) groups is 2. The molecule has 2 aromatic carbocycles. The van der Waals surface area contributed by atoms with Crippen molar-refractivity contribution in [2.45, 2.75) is 39.0 Å². The molecule has 1 amide bonds. The molecule has 0 aromatic heterocycles. The first kappa shape index (κ1) is 19.7. The summed E-state index contributed by atoms with van der Waals surface area (Å²) in [5, 5.41) is 9.24. The van der Waals surface area contributed by atoms with Crippen LogP contribution in [0.2, 0.25) is 0 Å². The van der Waals surface area contributed by atoms with Gasteiger partial charge in [0.1, 0.15) is 0 Å². The summed E-state index contributed by atoms with van der Waals surface area (Å²) in [6.07, 6.45) is 0.724. The minimum absolute atomic E-state index is 0.0189. The van der Waals surface area contributed by atoms with Crippen molar-refractivity contribution in [3.8, 4) is 0 Å². The topological polar surface area (TPSA) is 57.6 Å². The fourth-order valence-corrected chi connectivity index (χ4v) is 3.16. The maximum absolute atomic E-state index is 12.5. The van der Waals surface area contributed by atoms with Crippen molar-refractivity contribution in [2.24, 2.45) is 0 Å². The molecule has 0 spiro atoms. The number of carboxylic acid groups (broad SMARTS) is 1. The van der Waals surface area contributed by atoms with Crippen molar-refractivity contribution in [2.75, 3.05) is 13.6 Å². The van der Waals surface area contributed by atoms with Crippen molar-refractivity contribution in [1.82, 2.24) is 4.90 Å². The Hall–Kier alpha value is -2.62. The van der Waals surface area contributed by atoms with Crippen LogP contribution in [0.3, 0.4) is 0 Å². The van der Waals surface area contributed by atoms with Crippen LogP contribution in [0.15, 0.2) is 48.5 Å². The van der Waals surface area contributed by atoms with Gasteiger partial charge in [-0.2, -0.15) is 0 Å². The number of carboxylic acids is 1. The van der Waals surface area contributed by atoms with E-state index in [1.807, 2.05) is 0 Å². The second-order valence-electron chi connectivity index (χ2n) is 7.46. The molecule has 138 valence electrons. The highest BCUT2D eigenvalue weighted by Crippen LogP contribution is 2.24. The predicted octanol–water partition coefficient (Wildman–Crippen LogP) is 4.06. The fraction of sp³-hybridized carbons (Fsp3) is 0.364. The van der Waals surface area contributed by atoms with Crippen LogP contribution < -0.4 is 0 Å². The molecule has 4 nitrogen and oxygen atoms in total. The van der Waals surface area contributed by atoms with Gasteiger partial charge in [-0.05, 0) is 30.5 Å². The molecule has 0 aliphatic heterocycles. The molecule has 0 fully saturated rings. The second-order valence-corrected chi connectivity index (χ2v) is 7.46. The van der Waals surface area contributed by atoms with Crippen LogP contribution in [0.4, 0.5) is 0 Å². The Balaban J connectivity index is 1.99. The highest BCUT2D eigenvalue weighted by Gasteiger charge is 2.24. The standard InChI is InChI=1S/C22H27NO3/c1-16-9-12-18(13-10-16)22(2,3)15-23(4)20(24)14-11-17-7-5-6-8-19(17)21(25)26/h5-10,12-13H,11,14-15H2,1-4H3,(H,25,26). The van der Waals surface area contributed by atoms with Gasteiger partial charge in [-0.25, -0.2) is 4.79 Å². The fourth-order valence-electron chi connectivity index (χ4n) is 3.16. The van der Waals surface area contributed by atoms with Gasteiger partial charge in [-0.15, -0.1) is 0 Å². The van der Waals surface area contributed by atoms with E-state index in [1.165, 1.54) is 11.1 Å². The van der Waals surface area contributed by atoms with E-state index in [1.54, 1.807) is 36.2 Å². The van der Waals surface area contributed by atoms with Gasteiger partial charge >= 0.3 is 5.97 Å². The summed E-state index contributed by atoms with van der Waals surface area (Å²) in [5.41, 5.74) is 3.21. The predicted molar refractivity (Wildman–Crippen MR) is 104 cm³/mol. The molecule has 2 rings (SSSR count). The first-order valence-electron chi connectivity index (χ1n) is 8.83. The van der Waals surface area contributed by atoms with Crippen molar-refractivity contribution in [3.63, 3.8) is 0 Å². The van der Waals surface area contributed by atoms with Gasteiger partial charge < -0.3 is 10.0 Å². The third-order valence-electron chi connectivity index (χ3n) is 4.75. The van der Waals surface area contributed by atoms with Crippen molar-refractivity contribution in [1.29, 1.82) is 0 Å². The van der Waals surface area contributed by atoms with Crippen LogP contribution in [-0.2, 0) is 16.6 Å². The first-order chi connectivity index (χ1) is 12.2. The van der Waals surface area contributed by atoms with E-state index in [0.717, 1.165) is 0 Å². The molecule has 0 aliphatic carbocycles. The number of rotatable bonds is 7. The van der Waals surface area contributed by atoms with Crippen LogP contribution in [0, 0.1) is 6.92 Å². The Morgan fingerprint density at radius 3 is 2.27 bits per heavy atom. The molecule has 26 heavy (non-hydrogen) atoms. The highest BCUT2D eigenvalue weighted by atomic mass is 16.4. The third kappa shape index (κ3) is 4.94.